The molecule has 1 aliphatic rings. The molecule has 0 radical (unpaired) electrons. The van der Waals surface area contributed by atoms with Crippen molar-refractivity contribution in [3.05, 3.63) is 98.8 Å². The fourth-order valence-electron chi connectivity index (χ4n) is 5.81. The lowest BCUT2D eigenvalue weighted by Gasteiger charge is -2.28. The molecule has 0 spiro atoms. The van der Waals surface area contributed by atoms with Crippen molar-refractivity contribution in [3.8, 4) is 22.9 Å². The van der Waals surface area contributed by atoms with E-state index in [0.717, 1.165) is 22.5 Å². The van der Waals surface area contributed by atoms with Crippen LogP contribution in [0.3, 0.4) is 0 Å². The molecule has 238 valence electrons. The molecule has 1 atom stereocenters. The van der Waals surface area contributed by atoms with Gasteiger partial charge in [-0.3, -0.25) is 0 Å². The Morgan fingerprint density at radius 2 is 1.93 bits per heavy atom. The molecule has 3 aromatic heterocycles. The first-order valence-electron chi connectivity index (χ1n) is 14.5. The summed E-state index contributed by atoms with van der Waals surface area (Å²) in [6.07, 6.45) is 1.90. The zero-order valence-corrected chi connectivity index (χ0v) is 27.1. The lowest BCUT2D eigenvalue weighted by atomic mass is 9.87. The van der Waals surface area contributed by atoms with Gasteiger partial charge in [0.05, 0.1) is 48.7 Å². The maximum atomic E-state index is 14.8. The van der Waals surface area contributed by atoms with Gasteiger partial charge in [-0.25, -0.2) is 24.1 Å². The van der Waals surface area contributed by atoms with Gasteiger partial charge in [-0.2, -0.15) is 0 Å². The van der Waals surface area contributed by atoms with Gasteiger partial charge in [0.1, 0.15) is 23.3 Å². The normalized spacial score (nSPS) is 15.8. The molecule has 0 saturated carbocycles. The molecular formula is C34H31Cl2FN4O5. The first-order valence-corrected chi connectivity index (χ1v) is 15.3. The Morgan fingerprint density at radius 1 is 1.13 bits per heavy atom. The predicted octanol–water partition coefficient (Wildman–Crippen LogP) is 7.72. The standard InChI is InChI=1S/C34H31Cl2FN4O5/c1-18-9-20(11-31-39-26-7-5-19(33(42)43)10-27(26)41(31)29-16-45-17-34(29,2)3)23(35)12-22(18)25-8-6-24(37)32(40-25)46-15-21-14-38-30(36)13-28(21)44-4/h5-10,12-14,29H,11,15-17H2,1-4H3,(H,42,43)/t29-/m1/s1. The van der Waals surface area contributed by atoms with Crippen molar-refractivity contribution in [1.29, 1.82) is 0 Å². The second-order valence-corrected chi connectivity index (χ2v) is 12.7. The van der Waals surface area contributed by atoms with E-state index in [4.69, 9.17) is 42.4 Å². The Bertz CT molecular complexity index is 1980. The van der Waals surface area contributed by atoms with E-state index in [9.17, 15) is 14.3 Å². The Kier molecular flexibility index (Phi) is 8.62. The predicted molar refractivity (Wildman–Crippen MR) is 173 cm³/mol. The smallest absolute Gasteiger partial charge is 0.335 e. The molecule has 4 heterocycles. The van der Waals surface area contributed by atoms with Crippen LogP contribution >= 0.6 is 23.2 Å². The van der Waals surface area contributed by atoms with Crippen LogP contribution in [0.15, 0.2) is 54.7 Å². The quantitative estimate of drug-likeness (QED) is 0.160. The Morgan fingerprint density at radius 3 is 2.65 bits per heavy atom. The number of aromatic carboxylic acids is 1. The van der Waals surface area contributed by atoms with Crippen molar-refractivity contribution >= 4 is 40.2 Å². The molecule has 0 bridgehead atoms. The Labute approximate surface area is 274 Å². The fraction of sp³-hybridized carbons (Fsp3) is 0.294. The molecule has 1 N–H and O–H groups in total. The van der Waals surface area contributed by atoms with E-state index < -0.39 is 11.8 Å². The number of hydrogen-bond donors (Lipinski definition) is 1. The van der Waals surface area contributed by atoms with E-state index in [1.165, 1.54) is 19.4 Å². The maximum absolute atomic E-state index is 14.8. The number of hydrogen-bond acceptors (Lipinski definition) is 7. The van der Waals surface area contributed by atoms with Crippen LogP contribution in [0.1, 0.15) is 52.8 Å². The molecule has 0 aliphatic carbocycles. The maximum Gasteiger partial charge on any atom is 0.335 e. The highest BCUT2D eigenvalue weighted by molar-refractivity contribution is 6.31. The van der Waals surface area contributed by atoms with Gasteiger partial charge in [0, 0.05) is 40.2 Å². The van der Waals surface area contributed by atoms with E-state index in [0.29, 0.717) is 52.7 Å². The van der Waals surface area contributed by atoms with Gasteiger partial charge in [-0.05, 0) is 54.4 Å². The van der Waals surface area contributed by atoms with Crippen LogP contribution in [0.2, 0.25) is 10.2 Å². The molecule has 1 saturated heterocycles. The van der Waals surface area contributed by atoms with E-state index in [1.807, 2.05) is 13.0 Å². The Hall–Kier alpha value is -4.25. The molecule has 1 fully saturated rings. The third-order valence-electron chi connectivity index (χ3n) is 8.30. The number of aromatic nitrogens is 4. The number of methoxy groups -OCH3 is 1. The molecule has 46 heavy (non-hydrogen) atoms. The summed E-state index contributed by atoms with van der Waals surface area (Å²) in [5, 5.41) is 10.4. The number of carboxylic acid groups (broad SMARTS) is 1. The van der Waals surface area contributed by atoms with E-state index in [1.54, 1.807) is 36.4 Å². The van der Waals surface area contributed by atoms with Gasteiger partial charge in [0.25, 0.3) is 5.88 Å². The van der Waals surface area contributed by atoms with Crippen molar-refractivity contribution in [2.45, 2.75) is 39.8 Å². The summed E-state index contributed by atoms with van der Waals surface area (Å²) in [6.45, 7) is 7.21. The fourth-order valence-corrected chi connectivity index (χ4v) is 6.19. The van der Waals surface area contributed by atoms with Gasteiger partial charge in [0.2, 0.25) is 0 Å². The van der Waals surface area contributed by atoms with Crippen LogP contribution in [0, 0.1) is 18.2 Å². The largest absolute Gasteiger partial charge is 0.496 e. The number of pyridine rings is 2. The average molecular weight is 666 g/mol. The number of carbonyl (C=O) groups is 1. The highest BCUT2D eigenvalue weighted by atomic mass is 35.5. The zero-order valence-electron chi connectivity index (χ0n) is 25.6. The highest BCUT2D eigenvalue weighted by Crippen LogP contribution is 2.41. The number of rotatable bonds is 9. The number of ether oxygens (including phenoxy) is 3. The van der Waals surface area contributed by atoms with Crippen LogP contribution < -0.4 is 9.47 Å². The molecular weight excluding hydrogens is 634 g/mol. The molecule has 12 heteroatoms. The van der Waals surface area contributed by atoms with Gasteiger partial charge in [-0.15, -0.1) is 0 Å². The average Bonchev–Trinajstić information content (AvgIpc) is 3.55. The zero-order chi connectivity index (χ0) is 32.7. The van der Waals surface area contributed by atoms with Crippen molar-refractivity contribution in [3.63, 3.8) is 0 Å². The highest BCUT2D eigenvalue weighted by Gasteiger charge is 2.39. The van der Waals surface area contributed by atoms with Crippen LogP contribution in [-0.4, -0.2) is 50.9 Å². The number of aryl methyl sites for hydroxylation is 1. The molecule has 1 aliphatic heterocycles. The number of imidazole rings is 1. The van der Waals surface area contributed by atoms with Gasteiger partial charge in [-0.1, -0.05) is 43.1 Å². The summed E-state index contributed by atoms with van der Waals surface area (Å²) in [5.74, 6) is -0.580. The summed E-state index contributed by atoms with van der Waals surface area (Å²) in [5.41, 5.74) is 4.91. The monoisotopic (exact) mass is 664 g/mol. The number of halogens is 3. The van der Waals surface area contributed by atoms with E-state index in [-0.39, 0.29) is 34.7 Å². The van der Waals surface area contributed by atoms with Crippen LogP contribution in [-0.2, 0) is 17.8 Å². The van der Waals surface area contributed by atoms with Gasteiger partial charge < -0.3 is 23.9 Å². The number of carboxylic acids is 1. The van der Waals surface area contributed by atoms with Crippen molar-refractivity contribution in [2.24, 2.45) is 5.41 Å². The molecule has 2 aromatic carbocycles. The third-order valence-corrected chi connectivity index (χ3v) is 8.86. The minimum absolute atomic E-state index is 0.0306. The second-order valence-electron chi connectivity index (χ2n) is 12.0. The van der Waals surface area contributed by atoms with Gasteiger partial charge in [0.15, 0.2) is 5.82 Å². The van der Waals surface area contributed by atoms with Gasteiger partial charge >= 0.3 is 5.97 Å². The van der Waals surface area contributed by atoms with E-state index >= 15 is 0 Å². The molecule has 9 nitrogen and oxygen atoms in total. The van der Waals surface area contributed by atoms with E-state index in [2.05, 4.69) is 28.4 Å². The minimum atomic E-state index is -1.00. The summed E-state index contributed by atoms with van der Waals surface area (Å²) in [6, 6.07) is 13.1. The number of fused-ring (bicyclic) bond motifs is 1. The summed E-state index contributed by atoms with van der Waals surface area (Å²) in [7, 11) is 1.50. The second kappa shape index (κ2) is 12.5. The first-order chi connectivity index (χ1) is 21.9. The molecule has 6 rings (SSSR count). The minimum Gasteiger partial charge on any atom is -0.496 e. The number of nitrogens with zero attached hydrogens (tertiary/aromatic N) is 4. The Balaban J connectivity index is 1.32. The van der Waals surface area contributed by atoms with Crippen LogP contribution in [0.25, 0.3) is 22.3 Å². The van der Waals surface area contributed by atoms with Crippen LogP contribution in [0.4, 0.5) is 4.39 Å². The summed E-state index contributed by atoms with van der Waals surface area (Å²) < 4.78 is 33.8. The lowest BCUT2D eigenvalue weighted by Crippen LogP contribution is -2.27. The molecule has 0 amide bonds. The first kappa shape index (κ1) is 31.7. The summed E-state index contributed by atoms with van der Waals surface area (Å²) >= 11 is 12.8. The topological polar surface area (TPSA) is 109 Å². The van der Waals surface area contributed by atoms with Crippen molar-refractivity contribution in [2.75, 3.05) is 20.3 Å². The number of benzene rings is 2. The van der Waals surface area contributed by atoms with Crippen LogP contribution in [0.5, 0.6) is 11.6 Å². The van der Waals surface area contributed by atoms with Crippen molar-refractivity contribution < 1.29 is 28.5 Å². The molecule has 5 aromatic rings. The van der Waals surface area contributed by atoms with Crippen molar-refractivity contribution in [1.82, 2.24) is 19.5 Å². The third kappa shape index (κ3) is 6.12. The lowest BCUT2D eigenvalue weighted by molar-refractivity contribution is 0.0697. The SMILES string of the molecule is COc1cc(Cl)ncc1COc1nc(-c2cc(Cl)c(Cc3nc4ccc(C(=O)O)cc4n3[C@@H]3COCC3(C)C)cc2C)ccc1F. The summed E-state index contributed by atoms with van der Waals surface area (Å²) in [4.78, 5) is 25.2. The molecule has 0 unspecified atom stereocenters.